The maximum atomic E-state index is 10.4. The minimum Gasteiger partial charge on any atom is -0.381 e. The van der Waals surface area contributed by atoms with Crippen LogP contribution in [0.4, 0.5) is 0 Å². The molecule has 7 heteroatoms. The molecule has 0 aliphatic carbocycles. The molecule has 0 aliphatic rings. The van der Waals surface area contributed by atoms with Crippen molar-refractivity contribution in [3.8, 4) is 0 Å². The Hall–Kier alpha value is -0.210. The van der Waals surface area contributed by atoms with Gasteiger partial charge in [-0.2, -0.15) is 8.42 Å². The van der Waals surface area contributed by atoms with Gasteiger partial charge in [0.25, 0.3) is 5.12 Å². The summed E-state index contributed by atoms with van der Waals surface area (Å²) in [5, 5.41) is 14.7. The summed E-state index contributed by atoms with van der Waals surface area (Å²) in [6.45, 7) is 10.3. The van der Waals surface area contributed by atoms with Gasteiger partial charge >= 0.3 is 10.1 Å². The van der Waals surface area contributed by atoms with Crippen LogP contribution < -0.4 is 0 Å². The van der Waals surface area contributed by atoms with Crippen LogP contribution in [0.2, 0.25) is 0 Å². The predicted octanol–water partition coefficient (Wildman–Crippen LogP) is 3.72. The molecule has 0 atom stereocenters. The van der Waals surface area contributed by atoms with Gasteiger partial charge in [0.15, 0.2) is 0 Å². The molecule has 0 radical (unpaired) electrons. The fourth-order valence-corrected chi connectivity index (χ4v) is 2.52. The van der Waals surface area contributed by atoms with Gasteiger partial charge in [-0.05, 0) is 12.8 Å². The molecule has 0 heterocycles. The van der Waals surface area contributed by atoms with Crippen molar-refractivity contribution in [2.24, 2.45) is 5.41 Å². The van der Waals surface area contributed by atoms with E-state index in [4.69, 9.17) is 19.5 Å². The second-order valence-electron chi connectivity index (χ2n) is 7.07. The first-order chi connectivity index (χ1) is 10.9. The number of rotatable bonds is 11. The van der Waals surface area contributed by atoms with Gasteiger partial charge in [0, 0.05) is 18.6 Å². The van der Waals surface area contributed by atoms with Gasteiger partial charge in [0.05, 0.1) is 0 Å². The summed E-state index contributed by atoms with van der Waals surface area (Å²) in [7, 11) is -4.85. The highest BCUT2D eigenvalue weighted by Gasteiger charge is 2.49. The lowest BCUT2D eigenvalue weighted by Crippen LogP contribution is -2.49. The lowest BCUT2D eigenvalue weighted by Gasteiger charge is -2.31. The molecule has 0 aliphatic heterocycles. The van der Waals surface area contributed by atoms with Crippen LogP contribution in [-0.4, -0.2) is 41.5 Å². The monoisotopic (exact) mass is 370 g/mol. The first-order valence-corrected chi connectivity index (χ1v) is 10.3. The topological polar surface area (TPSA) is 104 Å². The fraction of sp³-hybridized carbons (Fsp3) is 1.00. The summed E-state index contributed by atoms with van der Waals surface area (Å²) in [5.41, 5.74) is -1.35. The van der Waals surface area contributed by atoms with Crippen LogP contribution >= 0.6 is 0 Å². The summed E-state index contributed by atoms with van der Waals surface area (Å²) in [6, 6.07) is 0. The third-order valence-corrected chi connectivity index (χ3v) is 4.95. The molecule has 0 amide bonds. The van der Waals surface area contributed by atoms with Gasteiger partial charge in [0.2, 0.25) is 0 Å². The summed E-state index contributed by atoms with van der Waals surface area (Å²) in [4.78, 5) is 0. The lowest BCUT2D eigenvalue weighted by molar-refractivity contribution is -0.161. The normalized spacial score (nSPS) is 12.7. The van der Waals surface area contributed by atoms with Gasteiger partial charge in [-0.1, -0.05) is 73.1 Å². The van der Waals surface area contributed by atoms with E-state index < -0.39 is 20.7 Å². The van der Waals surface area contributed by atoms with Crippen molar-refractivity contribution in [3.05, 3.63) is 0 Å². The van der Waals surface area contributed by atoms with E-state index in [1.807, 2.05) is 0 Å². The number of hydrogen-bond acceptors (Lipinski definition) is 5. The van der Waals surface area contributed by atoms with Crippen molar-refractivity contribution in [3.63, 3.8) is 0 Å². The maximum absolute atomic E-state index is 10.4. The number of ether oxygens (including phenoxy) is 1. The van der Waals surface area contributed by atoms with Crippen molar-refractivity contribution in [1.82, 2.24) is 0 Å². The van der Waals surface area contributed by atoms with Crippen LogP contribution in [-0.2, 0) is 14.9 Å². The van der Waals surface area contributed by atoms with Gasteiger partial charge in [-0.15, -0.1) is 0 Å². The Morgan fingerprint density at radius 3 is 1.38 bits per heavy atom. The third kappa shape index (κ3) is 12.2. The van der Waals surface area contributed by atoms with E-state index in [9.17, 15) is 8.42 Å². The standard InChI is InChI=1S/C12H26O.C5H12O5S/c1-3-5-7-9-11-13-12-10-8-6-4-2;1-4(2,3)5(6,7)11(8,9)10/h3-12H2,1-2H3;6-7H,1-3H3,(H,8,9,10). The Labute approximate surface area is 148 Å². The molecule has 24 heavy (non-hydrogen) atoms. The zero-order valence-electron chi connectivity index (χ0n) is 16.0. The molecule has 0 saturated heterocycles. The van der Waals surface area contributed by atoms with Gasteiger partial charge < -0.3 is 14.9 Å². The fourth-order valence-electron chi connectivity index (χ4n) is 1.75. The zero-order chi connectivity index (χ0) is 19.3. The van der Waals surface area contributed by atoms with E-state index in [0.29, 0.717) is 0 Å². The summed E-state index contributed by atoms with van der Waals surface area (Å²) in [6.07, 6.45) is 10.5. The van der Waals surface area contributed by atoms with Crippen LogP contribution in [0, 0.1) is 5.41 Å². The highest BCUT2D eigenvalue weighted by Crippen LogP contribution is 2.31. The second-order valence-corrected chi connectivity index (χ2v) is 8.59. The molecule has 3 N–H and O–H groups in total. The van der Waals surface area contributed by atoms with E-state index in [1.165, 1.54) is 72.1 Å². The Morgan fingerprint density at radius 1 is 0.792 bits per heavy atom. The van der Waals surface area contributed by atoms with Crippen molar-refractivity contribution in [2.45, 2.75) is 91.1 Å². The number of unbranched alkanes of at least 4 members (excludes halogenated alkanes) is 6. The van der Waals surface area contributed by atoms with Crippen LogP contribution in [0.15, 0.2) is 0 Å². The van der Waals surface area contributed by atoms with Gasteiger partial charge in [-0.3, -0.25) is 4.55 Å². The Bertz CT molecular complexity index is 374. The molecule has 0 rings (SSSR count). The zero-order valence-corrected chi connectivity index (χ0v) is 16.9. The van der Waals surface area contributed by atoms with E-state index in [-0.39, 0.29) is 0 Å². The molecule has 0 unspecified atom stereocenters. The molecule has 0 saturated carbocycles. The lowest BCUT2D eigenvalue weighted by atomic mass is 9.96. The summed E-state index contributed by atoms with van der Waals surface area (Å²) < 4.78 is 34.6. The Kier molecular flexibility index (Phi) is 14.2. The van der Waals surface area contributed by atoms with Crippen molar-refractivity contribution >= 4 is 10.1 Å². The van der Waals surface area contributed by atoms with Crippen molar-refractivity contribution < 1.29 is 27.9 Å². The molecular formula is C17H38O6S. The molecule has 0 aromatic heterocycles. The predicted molar refractivity (Wildman–Crippen MR) is 97.3 cm³/mol. The third-order valence-electron chi connectivity index (χ3n) is 3.62. The molecule has 0 aromatic rings. The second kappa shape index (κ2) is 13.1. The van der Waals surface area contributed by atoms with Gasteiger partial charge in [-0.25, -0.2) is 0 Å². The average Bonchev–Trinajstić information content (AvgIpc) is 2.44. The SMILES string of the molecule is CC(C)(C)C(O)(O)S(=O)(=O)O.CCCCCCOCCCCCC. The molecule has 148 valence electrons. The summed E-state index contributed by atoms with van der Waals surface area (Å²) in [5.74, 6) is 0. The molecule has 0 fully saturated rings. The summed E-state index contributed by atoms with van der Waals surface area (Å²) >= 11 is 0. The molecule has 0 aromatic carbocycles. The smallest absolute Gasteiger partial charge is 0.322 e. The highest BCUT2D eigenvalue weighted by atomic mass is 32.2. The average molecular weight is 371 g/mol. The molecule has 0 spiro atoms. The highest BCUT2D eigenvalue weighted by molar-refractivity contribution is 7.86. The largest absolute Gasteiger partial charge is 0.381 e. The van der Waals surface area contributed by atoms with E-state index in [2.05, 4.69) is 13.8 Å². The molecule has 0 bridgehead atoms. The Morgan fingerprint density at radius 2 is 1.17 bits per heavy atom. The van der Waals surface area contributed by atoms with Crippen LogP contribution in [0.5, 0.6) is 0 Å². The van der Waals surface area contributed by atoms with Crippen molar-refractivity contribution in [2.75, 3.05) is 13.2 Å². The van der Waals surface area contributed by atoms with Gasteiger partial charge in [0.1, 0.15) is 0 Å². The maximum Gasteiger partial charge on any atom is 0.322 e. The minimum atomic E-state index is -4.85. The first kappa shape index (κ1) is 26.0. The van der Waals surface area contributed by atoms with E-state index in [0.717, 1.165) is 13.2 Å². The quantitative estimate of drug-likeness (QED) is 0.291. The van der Waals surface area contributed by atoms with Crippen LogP contribution in [0.1, 0.15) is 86.0 Å². The Balaban J connectivity index is 0. The number of hydrogen-bond donors (Lipinski definition) is 3. The van der Waals surface area contributed by atoms with Crippen LogP contribution in [0.3, 0.4) is 0 Å². The van der Waals surface area contributed by atoms with E-state index >= 15 is 0 Å². The first-order valence-electron chi connectivity index (χ1n) is 8.91. The number of aliphatic hydroxyl groups is 2. The van der Waals surface area contributed by atoms with E-state index in [1.54, 1.807) is 0 Å². The molecular weight excluding hydrogens is 332 g/mol. The molecule has 6 nitrogen and oxygen atoms in total. The van der Waals surface area contributed by atoms with Crippen LogP contribution in [0.25, 0.3) is 0 Å². The van der Waals surface area contributed by atoms with Crippen molar-refractivity contribution in [1.29, 1.82) is 0 Å². The minimum absolute atomic E-state index is 0.978.